The summed E-state index contributed by atoms with van der Waals surface area (Å²) in [5.41, 5.74) is 4.64. The summed E-state index contributed by atoms with van der Waals surface area (Å²) in [6, 6.07) is 0. The SMILES string of the molecule is C=CC(=C)C(O)(CC)C1=CN2C=CC=C(Br)C2=C=CC1. The van der Waals surface area contributed by atoms with E-state index in [1.807, 2.05) is 42.5 Å². The second-order valence-corrected chi connectivity index (χ2v) is 5.62. The van der Waals surface area contributed by atoms with Crippen LogP contribution in [0.15, 0.2) is 76.9 Å². The van der Waals surface area contributed by atoms with E-state index in [-0.39, 0.29) is 0 Å². The molecule has 20 heavy (non-hydrogen) atoms. The average molecular weight is 332 g/mol. The summed E-state index contributed by atoms with van der Waals surface area (Å²) in [5.74, 6) is 0. The zero-order chi connectivity index (χ0) is 14.8. The Morgan fingerprint density at radius 3 is 3.05 bits per heavy atom. The van der Waals surface area contributed by atoms with Gasteiger partial charge in [-0.1, -0.05) is 31.9 Å². The van der Waals surface area contributed by atoms with Crippen LogP contribution in [0.25, 0.3) is 0 Å². The van der Waals surface area contributed by atoms with E-state index in [9.17, 15) is 5.11 Å². The molecular formula is C17H18BrNO. The van der Waals surface area contributed by atoms with Gasteiger partial charge in [-0.25, -0.2) is 0 Å². The van der Waals surface area contributed by atoms with Gasteiger partial charge in [-0.3, -0.25) is 0 Å². The van der Waals surface area contributed by atoms with Crippen molar-refractivity contribution >= 4 is 15.9 Å². The molecule has 1 atom stereocenters. The number of aliphatic hydroxyl groups is 1. The highest BCUT2D eigenvalue weighted by Crippen LogP contribution is 2.35. The quantitative estimate of drug-likeness (QED) is 0.613. The van der Waals surface area contributed by atoms with E-state index in [0.717, 1.165) is 15.8 Å². The fourth-order valence-corrected chi connectivity index (χ4v) is 2.80. The van der Waals surface area contributed by atoms with Gasteiger partial charge >= 0.3 is 0 Å². The third-order valence-corrected chi connectivity index (χ3v) is 4.29. The maximum Gasteiger partial charge on any atom is 0.112 e. The van der Waals surface area contributed by atoms with Gasteiger partial charge in [0.25, 0.3) is 0 Å². The minimum absolute atomic E-state index is 0.557. The maximum atomic E-state index is 10.9. The van der Waals surface area contributed by atoms with Crippen molar-refractivity contribution in [1.29, 1.82) is 0 Å². The first-order valence-corrected chi connectivity index (χ1v) is 7.35. The molecule has 0 fully saturated rings. The van der Waals surface area contributed by atoms with Crippen LogP contribution in [-0.4, -0.2) is 15.6 Å². The Morgan fingerprint density at radius 1 is 1.65 bits per heavy atom. The van der Waals surface area contributed by atoms with Crippen molar-refractivity contribution in [3.05, 3.63) is 76.9 Å². The van der Waals surface area contributed by atoms with Crippen molar-refractivity contribution in [1.82, 2.24) is 4.90 Å². The van der Waals surface area contributed by atoms with Crippen LogP contribution in [-0.2, 0) is 0 Å². The molecule has 0 saturated carbocycles. The molecule has 0 amide bonds. The van der Waals surface area contributed by atoms with Crippen LogP contribution in [0.1, 0.15) is 19.8 Å². The van der Waals surface area contributed by atoms with Gasteiger partial charge < -0.3 is 10.0 Å². The monoisotopic (exact) mass is 331 g/mol. The van der Waals surface area contributed by atoms with Crippen molar-refractivity contribution in [3.63, 3.8) is 0 Å². The first-order valence-electron chi connectivity index (χ1n) is 6.56. The summed E-state index contributed by atoms with van der Waals surface area (Å²) in [6.07, 6.45) is 12.6. The van der Waals surface area contributed by atoms with E-state index in [2.05, 4.69) is 34.8 Å². The fourth-order valence-electron chi connectivity index (χ4n) is 2.33. The van der Waals surface area contributed by atoms with E-state index < -0.39 is 5.60 Å². The first kappa shape index (κ1) is 14.9. The summed E-state index contributed by atoms with van der Waals surface area (Å²) >= 11 is 3.52. The number of halogens is 1. The van der Waals surface area contributed by atoms with Crippen molar-refractivity contribution in [2.45, 2.75) is 25.4 Å². The fraction of sp³-hybridized carbons (Fsp3) is 0.235. The van der Waals surface area contributed by atoms with Gasteiger partial charge in [0.05, 0.1) is 0 Å². The van der Waals surface area contributed by atoms with Crippen molar-refractivity contribution in [2.24, 2.45) is 0 Å². The molecule has 2 heterocycles. The Morgan fingerprint density at radius 2 is 2.40 bits per heavy atom. The Bertz CT molecular complexity index is 602. The summed E-state index contributed by atoms with van der Waals surface area (Å²) < 4.78 is 0.969. The van der Waals surface area contributed by atoms with E-state index in [1.165, 1.54) is 0 Å². The highest BCUT2D eigenvalue weighted by Gasteiger charge is 2.32. The third kappa shape index (κ3) is 2.53. The van der Waals surface area contributed by atoms with E-state index in [4.69, 9.17) is 0 Å². The molecule has 2 nitrogen and oxygen atoms in total. The molecule has 2 rings (SSSR count). The number of hydrogen-bond donors (Lipinski definition) is 1. The first-order chi connectivity index (χ1) is 9.52. The second-order valence-electron chi connectivity index (χ2n) is 4.76. The lowest BCUT2D eigenvalue weighted by atomic mass is 9.83. The van der Waals surface area contributed by atoms with Crippen LogP contribution < -0.4 is 0 Å². The molecule has 0 aromatic rings. The van der Waals surface area contributed by atoms with Gasteiger partial charge in [-0.05, 0) is 58.1 Å². The normalized spacial score (nSPS) is 20.1. The topological polar surface area (TPSA) is 23.5 Å². The Kier molecular flexibility index (Phi) is 4.34. The van der Waals surface area contributed by atoms with Crippen LogP contribution in [0.4, 0.5) is 0 Å². The van der Waals surface area contributed by atoms with E-state index >= 15 is 0 Å². The highest BCUT2D eigenvalue weighted by molar-refractivity contribution is 9.12. The second kappa shape index (κ2) is 5.84. The number of nitrogens with zero attached hydrogens (tertiary/aromatic N) is 1. The largest absolute Gasteiger partial charge is 0.381 e. The smallest absolute Gasteiger partial charge is 0.112 e. The average Bonchev–Trinajstić information content (AvgIpc) is 2.69. The van der Waals surface area contributed by atoms with Gasteiger partial charge in [0.2, 0.25) is 0 Å². The Hall–Kier alpha value is -1.54. The molecule has 2 aliphatic rings. The molecule has 1 N–H and O–H groups in total. The molecule has 0 saturated heterocycles. The molecular weight excluding hydrogens is 314 g/mol. The molecule has 0 aromatic carbocycles. The van der Waals surface area contributed by atoms with Gasteiger partial charge in [0, 0.05) is 16.9 Å². The predicted molar refractivity (Wildman–Crippen MR) is 86.9 cm³/mol. The summed E-state index contributed by atoms with van der Waals surface area (Å²) in [6.45, 7) is 9.60. The van der Waals surface area contributed by atoms with Crippen LogP contribution in [0.3, 0.4) is 0 Å². The number of allylic oxidation sites excluding steroid dienone is 3. The highest BCUT2D eigenvalue weighted by atomic mass is 79.9. The Balaban J connectivity index is 2.45. The number of rotatable bonds is 4. The lowest BCUT2D eigenvalue weighted by Crippen LogP contribution is -2.32. The van der Waals surface area contributed by atoms with Gasteiger partial charge in [0.15, 0.2) is 0 Å². The van der Waals surface area contributed by atoms with E-state index in [0.29, 0.717) is 18.4 Å². The summed E-state index contributed by atoms with van der Waals surface area (Å²) in [7, 11) is 0. The minimum Gasteiger partial charge on any atom is -0.381 e. The Labute approximate surface area is 128 Å². The van der Waals surface area contributed by atoms with Gasteiger partial charge in [0.1, 0.15) is 11.3 Å². The van der Waals surface area contributed by atoms with Gasteiger partial charge in [-0.15, -0.1) is 0 Å². The van der Waals surface area contributed by atoms with Gasteiger partial charge in [-0.2, -0.15) is 0 Å². The molecule has 0 aliphatic carbocycles. The minimum atomic E-state index is -1.06. The van der Waals surface area contributed by atoms with Crippen molar-refractivity contribution in [3.8, 4) is 0 Å². The number of hydrogen-bond acceptors (Lipinski definition) is 2. The molecule has 0 radical (unpaired) electrons. The third-order valence-electron chi connectivity index (χ3n) is 3.65. The lowest BCUT2D eigenvalue weighted by molar-refractivity contribution is 0.113. The summed E-state index contributed by atoms with van der Waals surface area (Å²) in [5, 5.41) is 10.9. The lowest BCUT2D eigenvalue weighted by Gasteiger charge is -2.31. The molecule has 3 heteroatoms. The van der Waals surface area contributed by atoms with E-state index in [1.54, 1.807) is 6.08 Å². The zero-order valence-corrected chi connectivity index (χ0v) is 13.2. The molecule has 1 unspecified atom stereocenters. The molecule has 0 spiro atoms. The molecule has 0 aromatic heterocycles. The molecule has 0 bridgehead atoms. The van der Waals surface area contributed by atoms with Crippen LogP contribution >= 0.6 is 15.9 Å². The van der Waals surface area contributed by atoms with Crippen molar-refractivity contribution < 1.29 is 5.11 Å². The summed E-state index contributed by atoms with van der Waals surface area (Å²) in [4.78, 5) is 1.96. The number of fused-ring (bicyclic) bond motifs is 1. The zero-order valence-electron chi connectivity index (χ0n) is 11.6. The van der Waals surface area contributed by atoms with Crippen LogP contribution in [0, 0.1) is 0 Å². The standard InChI is InChI=1S/C17H18BrNO/c1-4-13(3)17(20,5-2)14-8-6-10-16-15(18)9-7-11-19(16)12-14/h4,6-7,9,11-12,20H,1,3,5,8H2,2H3. The van der Waals surface area contributed by atoms with Crippen molar-refractivity contribution in [2.75, 3.05) is 0 Å². The maximum absolute atomic E-state index is 10.9. The predicted octanol–water partition coefficient (Wildman–Crippen LogP) is 4.30. The van der Waals surface area contributed by atoms with Crippen LogP contribution in [0.5, 0.6) is 0 Å². The van der Waals surface area contributed by atoms with Crippen LogP contribution in [0.2, 0.25) is 0 Å². The molecule has 104 valence electrons. The molecule has 2 aliphatic heterocycles.